The molecule has 82 valence electrons. The predicted octanol–water partition coefficient (Wildman–Crippen LogP) is 1.03. The first-order valence-corrected chi connectivity index (χ1v) is 5.46. The van der Waals surface area contributed by atoms with Gasteiger partial charge in [-0.15, -0.1) is 0 Å². The van der Waals surface area contributed by atoms with Crippen molar-refractivity contribution in [2.45, 2.75) is 20.4 Å². The molecule has 1 fully saturated rings. The molecule has 0 amide bonds. The smallest absolute Gasteiger partial charge is 0.225 e. The van der Waals surface area contributed by atoms with Crippen LogP contribution in [0, 0.1) is 11.8 Å². The summed E-state index contributed by atoms with van der Waals surface area (Å²) < 4.78 is 0. The lowest BCUT2D eigenvalue weighted by Gasteiger charge is -2.15. The Balaban J connectivity index is 2.10. The summed E-state index contributed by atoms with van der Waals surface area (Å²) in [4.78, 5) is 10.9. The molecular weight excluding hydrogens is 188 g/mol. The molecule has 4 nitrogen and oxygen atoms in total. The molecule has 2 heterocycles. The highest BCUT2D eigenvalue weighted by Gasteiger charge is 2.27. The zero-order chi connectivity index (χ0) is 10.8. The molecule has 2 atom stereocenters. The van der Waals surface area contributed by atoms with Gasteiger partial charge in [0.1, 0.15) is 0 Å². The van der Waals surface area contributed by atoms with Crippen LogP contribution in [0.4, 0.5) is 5.95 Å². The first-order valence-electron chi connectivity index (χ1n) is 5.46. The van der Waals surface area contributed by atoms with Gasteiger partial charge in [0.25, 0.3) is 0 Å². The molecule has 2 unspecified atom stereocenters. The number of hydrogen-bond acceptors (Lipinski definition) is 4. The van der Waals surface area contributed by atoms with Gasteiger partial charge in [-0.2, -0.15) is 0 Å². The van der Waals surface area contributed by atoms with Crippen molar-refractivity contribution < 1.29 is 0 Å². The van der Waals surface area contributed by atoms with E-state index in [4.69, 9.17) is 5.73 Å². The number of hydrogen-bond donors (Lipinski definition) is 1. The fraction of sp³-hybridized carbons (Fsp3) is 0.636. The maximum atomic E-state index is 5.50. The van der Waals surface area contributed by atoms with E-state index < -0.39 is 0 Å². The lowest BCUT2D eigenvalue weighted by Crippen LogP contribution is -2.22. The standard InChI is InChI=1S/C11H18N4/c1-8-6-15(7-9(8)2)11-13-4-10(3-12)5-14-11/h4-5,8-9H,3,6-7,12H2,1-2H3. The summed E-state index contributed by atoms with van der Waals surface area (Å²) in [6.45, 7) is 7.18. The molecule has 4 heteroatoms. The van der Waals surface area contributed by atoms with Gasteiger partial charge in [0.2, 0.25) is 5.95 Å². The summed E-state index contributed by atoms with van der Waals surface area (Å²) in [5.41, 5.74) is 6.49. The summed E-state index contributed by atoms with van der Waals surface area (Å²) >= 11 is 0. The van der Waals surface area contributed by atoms with Gasteiger partial charge in [-0.25, -0.2) is 9.97 Å². The van der Waals surface area contributed by atoms with E-state index in [0.717, 1.165) is 36.4 Å². The maximum absolute atomic E-state index is 5.50. The first kappa shape index (κ1) is 10.4. The van der Waals surface area contributed by atoms with Crippen LogP contribution in [0.1, 0.15) is 19.4 Å². The summed E-state index contributed by atoms with van der Waals surface area (Å²) in [5.74, 6) is 2.29. The van der Waals surface area contributed by atoms with E-state index in [-0.39, 0.29) is 0 Å². The number of nitrogens with zero attached hydrogens (tertiary/aromatic N) is 3. The topological polar surface area (TPSA) is 55.0 Å². The number of rotatable bonds is 2. The highest BCUT2D eigenvalue weighted by molar-refractivity contribution is 5.32. The van der Waals surface area contributed by atoms with E-state index in [9.17, 15) is 0 Å². The molecule has 2 N–H and O–H groups in total. The molecule has 1 aliphatic rings. The van der Waals surface area contributed by atoms with Crippen molar-refractivity contribution in [1.29, 1.82) is 0 Å². The third kappa shape index (κ3) is 2.09. The van der Waals surface area contributed by atoms with Crippen molar-refractivity contribution in [2.75, 3.05) is 18.0 Å². The van der Waals surface area contributed by atoms with Gasteiger partial charge < -0.3 is 10.6 Å². The Bertz CT molecular complexity index is 312. The average Bonchev–Trinajstić information content (AvgIpc) is 2.59. The molecule has 0 saturated carbocycles. The highest BCUT2D eigenvalue weighted by Crippen LogP contribution is 2.24. The zero-order valence-electron chi connectivity index (χ0n) is 9.35. The number of aromatic nitrogens is 2. The molecule has 2 rings (SSSR count). The Labute approximate surface area is 90.5 Å². The Morgan fingerprint density at radius 1 is 1.27 bits per heavy atom. The van der Waals surface area contributed by atoms with Crippen molar-refractivity contribution in [3.05, 3.63) is 18.0 Å². The van der Waals surface area contributed by atoms with Crippen LogP contribution in [0.15, 0.2) is 12.4 Å². The van der Waals surface area contributed by atoms with Gasteiger partial charge in [0.05, 0.1) is 0 Å². The van der Waals surface area contributed by atoms with Crippen molar-refractivity contribution >= 4 is 5.95 Å². The van der Waals surface area contributed by atoms with Crippen LogP contribution in [-0.4, -0.2) is 23.1 Å². The van der Waals surface area contributed by atoms with E-state index in [2.05, 4.69) is 28.7 Å². The van der Waals surface area contributed by atoms with Crippen LogP contribution in [0.25, 0.3) is 0 Å². The van der Waals surface area contributed by atoms with Crippen molar-refractivity contribution in [2.24, 2.45) is 17.6 Å². The minimum absolute atomic E-state index is 0.507. The predicted molar refractivity (Wildman–Crippen MR) is 60.5 cm³/mol. The van der Waals surface area contributed by atoms with Crippen LogP contribution < -0.4 is 10.6 Å². The second kappa shape index (κ2) is 4.14. The van der Waals surface area contributed by atoms with E-state index in [1.807, 2.05) is 12.4 Å². The SMILES string of the molecule is CC1CN(c2ncc(CN)cn2)CC1C. The quantitative estimate of drug-likeness (QED) is 0.785. The molecule has 1 aliphatic heterocycles. The van der Waals surface area contributed by atoms with E-state index >= 15 is 0 Å². The molecule has 0 spiro atoms. The van der Waals surface area contributed by atoms with Gasteiger partial charge in [0, 0.05) is 37.6 Å². The minimum atomic E-state index is 0.507. The van der Waals surface area contributed by atoms with Gasteiger partial charge in [0.15, 0.2) is 0 Å². The second-order valence-electron chi connectivity index (χ2n) is 4.45. The molecular formula is C11H18N4. The maximum Gasteiger partial charge on any atom is 0.225 e. The van der Waals surface area contributed by atoms with E-state index in [1.165, 1.54) is 0 Å². The first-order chi connectivity index (χ1) is 7.20. The van der Waals surface area contributed by atoms with Gasteiger partial charge in [-0.1, -0.05) is 13.8 Å². The van der Waals surface area contributed by atoms with Crippen LogP contribution in [-0.2, 0) is 6.54 Å². The molecule has 15 heavy (non-hydrogen) atoms. The molecule has 1 aromatic rings. The molecule has 0 radical (unpaired) electrons. The van der Waals surface area contributed by atoms with Crippen LogP contribution >= 0.6 is 0 Å². The third-order valence-electron chi connectivity index (χ3n) is 3.20. The minimum Gasteiger partial charge on any atom is -0.340 e. The monoisotopic (exact) mass is 206 g/mol. The van der Waals surface area contributed by atoms with Crippen molar-refractivity contribution in [3.8, 4) is 0 Å². The van der Waals surface area contributed by atoms with Crippen molar-refractivity contribution in [1.82, 2.24) is 9.97 Å². The van der Waals surface area contributed by atoms with Crippen LogP contribution in [0.5, 0.6) is 0 Å². The van der Waals surface area contributed by atoms with E-state index in [1.54, 1.807) is 0 Å². The zero-order valence-corrected chi connectivity index (χ0v) is 9.35. The van der Waals surface area contributed by atoms with Crippen LogP contribution in [0.2, 0.25) is 0 Å². The molecule has 1 saturated heterocycles. The normalized spacial score (nSPS) is 25.9. The summed E-state index contributed by atoms with van der Waals surface area (Å²) in [7, 11) is 0. The van der Waals surface area contributed by atoms with Crippen molar-refractivity contribution in [3.63, 3.8) is 0 Å². The molecule has 0 aliphatic carbocycles. The Kier molecular flexibility index (Phi) is 2.86. The Morgan fingerprint density at radius 2 is 1.80 bits per heavy atom. The van der Waals surface area contributed by atoms with Gasteiger partial charge in [-0.05, 0) is 11.8 Å². The summed E-state index contributed by atoms with van der Waals surface area (Å²) in [6.07, 6.45) is 3.63. The Hall–Kier alpha value is -1.16. The number of nitrogens with two attached hydrogens (primary N) is 1. The van der Waals surface area contributed by atoms with E-state index in [0.29, 0.717) is 6.54 Å². The Morgan fingerprint density at radius 3 is 2.27 bits per heavy atom. The summed E-state index contributed by atoms with van der Waals surface area (Å²) in [5, 5.41) is 0. The lowest BCUT2D eigenvalue weighted by atomic mass is 10.0. The largest absolute Gasteiger partial charge is 0.340 e. The fourth-order valence-corrected chi connectivity index (χ4v) is 1.91. The summed E-state index contributed by atoms with van der Waals surface area (Å²) in [6, 6.07) is 0. The second-order valence-corrected chi connectivity index (χ2v) is 4.45. The number of anilines is 1. The van der Waals surface area contributed by atoms with Gasteiger partial charge >= 0.3 is 0 Å². The highest BCUT2D eigenvalue weighted by atomic mass is 15.3. The molecule has 1 aromatic heterocycles. The third-order valence-corrected chi connectivity index (χ3v) is 3.20. The molecule has 0 bridgehead atoms. The van der Waals surface area contributed by atoms with Gasteiger partial charge in [-0.3, -0.25) is 0 Å². The lowest BCUT2D eigenvalue weighted by molar-refractivity contribution is 0.494. The average molecular weight is 206 g/mol. The fourth-order valence-electron chi connectivity index (χ4n) is 1.91. The molecule has 0 aromatic carbocycles. The van der Waals surface area contributed by atoms with Crippen LogP contribution in [0.3, 0.4) is 0 Å².